The summed E-state index contributed by atoms with van der Waals surface area (Å²) in [6.45, 7) is 17.5. The highest BCUT2D eigenvalue weighted by Gasteiger charge is 2.39. The minimum absolute atomic E-state index is 0.112. The molecule has 0 N–H and O–H groups in total. The van der Waals surface area contributed by atoms with E-state index < -0.39 is 13.7 Å². The third-order valence-corrected chi connectivity index (χ3v) is 10.4. The van der Waals surface area contributed by atoms with Crippen molar-refractivity contribution >= 4 is 19.9 Å². The van der Waals surface area contributed by atoms with Crippen LogP contribution in [0, 0.1) is 11.5 Å². The Morgan fingerprint density at radius 3 is 2.30 bits per heavy atom. The minimum atomic E-state index is -1.47. The zero-order valence-corrected chi connectivity index (χ0v) is 19.3. The Labute approximate surface area is 166 Å². The molecule has 1 amide bonds. The molecule has 3 nitrogen and oxygen atoms in total. The Kier molecular flexibility index (Phi) is 6.16. The number of amides is 1. The van der Waals surface area contributed by atoms with E-state index in [2.05, 4.69) is 52.1 Å². The maximum atomic E-state index is 12.7. The van der Waals surface area contributed by atoms with Gasteiger partial charge in [0.2, 0.25) is 0 Å². The van der Waals surface area contributed by atoms with Crippen LogP contribution < -0.4 is 4.90 Å². The molecule has 0 fully saturated rings. The summed E-state index contributed by atoms with van der Waals surface area (Å²) >= 11 is 0. The molecule has 0 atom stereocenters. The molecule has 0 aliphatic carbocycles. The van der Waals surface area contributed by atoms with Crippen LogP contribution in [0.15, 0.2) is 18.2 Å². The normalized spacial score (nSPS) is 15.8. The number of ether oxygens (including phenoxy) is 1. The zero-order chi connectivity index (χ0) is 20.5. The van der Waals surface area contributed by atoms with Crippen molar-refractivity contribution in [3.8, 4) is 11.5 Å². The summed E-state index contributed by atoms with van der Waals surface area (Å²) in [6, 6.07) is 9.87. The van der Waals surface area contributed by atoms with Gasteiger partial charge in [-0.15, -0.1) is 5.54 Å². The second-order valence-corrected chi connectivity index (χ2v) is 14.2. The Morgan fingerprint density at radius 2 is 1.78 bits per heavy atom. The minimum Gasteiger partial charge on any atom is -0.443 e. The number of hydrogen-bond donors (Lipinski definition) is 0. The lowest BCUT2D eigenvalue weighted by Gasteiger charge is -2.25. The maximum Gasteiger partial charge on any atom is 0.414 e. The number of anilines is 1. The van der Waals surface area contributed by atoms with Gasteiger partial charge in [0.15, 0.2) is 0 Å². The van der Waals surface area contributed by atoms with Crippen molar-refractivity contribution in [3.63, 3.8) is 0 Å². The van der Waals surface area contributed by atoms with E-state index in [9.17, 15) is 4.79 Å². The average Bonchev–Trinajstić information content (AvgIpc) is 2.86. The van der Waals surface area contributed by atoms with Crippen molar-refractivity contribution in [2.45, 2.75) is 84.5 Å². The molecule has 1 aromatic rings. The van der Waals surface area contributed by atoms with Gasteiger partial charge < -0.3 is 4.74 Å². The van der Waals surface area contributed by atoms with Gasteiger partial charge in [0.25, 0.3) is 0 Å². The number of rotatable bonds is 3. The van der Waals surface area contributed by atoms with Gasteiger partial charge in [0.05, 0.1) is 5.69 Å². The van der Waals surface area contributed by atoms with Gasteiger partial charge in [-0.3, -0.25) is 4.90 Å². The summed E-state index contributed by atoms with van der Waals surface area (Å²) in [5.41, 5.74) is 6.24. The summed E-state index contributed by atoms with van der Waals surface area (Å²) in [4.78, 5) is 14.4. The molecule has 0 radical (unpaired) electrons. The molecule has 0 bridgehead atoms. The molecule has 148 valence electrons. The zero-order valence-electron chi connectivity index (χ0n) is 18.3. The first-order valence-electron chi connectivity index (χ1n) is 10.1. The first-order valence-corrected chi connectivity index (χ1v) is 12.8. The Hall–Kier alpha value is -1.73. The van der Waals surface area contributed by atoms with Crippen LogP contribution in [0.25, 0.3) is 0 Å². The number of nitrogens with zero attached hydrogens (tertiary/aromatic N) is 1. The molecule has 27 heavy (non-hydrogen) atoms. The van der Waals surface area contributed by atoms with Crippen molar-refractivity contribution in [2.24, 2.45) is 0 Å². The fourth-order valence-corrected chi connectivity index (χ4v) is 6.10. The van der Waals surface area contributed by atoms with Gasteiger partial charge in [-0.05, 0) is 62.7 Å². The molecule has 1 heterocycles. The molecule has 0 saturated carbocycles. The van der Waals surface area contributed by atoms with E-state index in [0.717, 1.165) is 11.3 Å². The van der Waals surface area contributed by atoms with Crippen molar-refractivity contribution < 1.29 is 9.53 Å². The molecule has 4 heteroatoms. The highest BCUT2D eigenvalue weighted by molar-refractivity contribution is 6.87. The number of fused-ring (bicyclic) bond motifs is 1. The van der Waals surface area contributed by atoms with E-state index in [1.807, 2.05) is 32.9 Å². The molecule has 0 spiro atoms. The van der Waals surface area contributed by atoms with Crippen LogP contribution in [0.2, 0.25) is 18.1 Å². The largest absolute Gasteiger partial charge is 0.443 e. The Bertz CT molecular complexity index is 753. The predicted molar refractivity (Wildman–Crippen MR) is 117 cm³/mol. The molecular weight excluding hydrogens is 350 g/mol. The van der Waals surface area contributed by atoms with E-state index in [1.165, 1.54) is 23.7 Å². The Balaban J connectivity index is 2.38. The van der Waals surface area contributed by atoms with Crippen molar-refractivity contribution in [1.82, 2.24) is 0 Å². The van der Waals surface area contributed by atoms with Crippen LogP contribution in [-0.2, 0) is 10.2 Å². The van der Waals surface area contributed by atoms with Crippen LogP contribution in [0.4, 0.5) is 10.5 Å². The lowest BCUT2D eigenvalue weighted by molar-refractivity contribution is 0.0579. The van der Waals surface area contributed by atoms with Crippen LogP contribution in [0.5, 0.6) is 0 Å². The summed E-state index contributed by atoms with van der Waals surface area (Å²) < 4.78 is 5.60. The summed E-state index contributed by atoms with van der Waals surface area (Å²) in [6.07, 6.45) is -0.275. The van der Waals surface area contributed by atoms with Gasteiger partial charge in [-0.2, -0.15) is 0 Å². The molecule has 1 aliphatic rings. The molecule has 0 unspecified atom stereocenters. The van der Waals surface area contributed by atoms with Crippen molar-refractivity contribution in [1.29, 1.82) is 0 Å². The third kappa shape index (κ3) is 4.76. The second kappa shape index (κ2) is 7.71. The summed E-state index contributed by atoms with van der Waals surface area (Å²) in [5, 5.41) is 0. The van der Waals surface area contributed by atoms with Crippen LogP contribution in [0.1, 0.15) is 66.5 Å². The van der Waals surface area contributed by atoms with E-state index in [1.54, 1.807) is 4.90 Å². The molecule has 1 aliphatic heterocycles. The fraction of sp³-hybridized carbons (Fsp3) is 0.609. The van der Waals surface area contributed by atoms with Gasteiger partial charge in [0, 0.05) is 17.5 Å². The summed E-state index contributed by atoms with van der Waals surface area (Å²) in [7, 11) is -1.47. The van der Waals surface area contributed by atoms with Crippen LogP contribution >= 0.6 is 0 Å². The Morgan fingerprint density at radius 1 is 1.19 bits per heavy atom. The first kappa shape index (κ1) is 21.6. The molecular formula is C23H35NO2Si. The van der Waals surface area contributed by atoms with Gasteiger partial charge in [-0.1, -0.05) is 40.5 Å². The van der Waals surface area contributed by atoms with E-state index >= 15 is 0 Å². The van der Waals surface area contributed by atoms with Crippen molar-refractivity contribution in [2.75, 3.05) is 11.4 Å². The number of hydrogen-bond acceptors (Lipinski definition) is 2. The van der Waals surface area contributed by atoms with Crippen LogP contribution in [-0.4, -0.2) is 26.3 Å². The lowest BCUT2D eigenvalue weighted by atomic mass is 9.86. The highest BCUT2D eigenvalue weighted by Crippen LogP contribution is 2.41. The standard InChI is InChI=1S/C23H35NO2Si/c1-9-27(10-2,11-3)15-14-18-12-13-20-19(16-18)23(7,8)17-24(20)21(25)26-22(4,5)6/h12-13,16H,9-11,17H2,1-8H3. The van der Waals surface area contributed by atoms with E-state index in [0.29, 0.717) is 6.54 Å². The van der Waals surface area contributed by atoms with Gasteiger partial charge >= 0.3 is 6.09 Å². The number of carbonyl (C=O) groups is 1. The van der Waals surface area contributed by atoms with E-state index in [4.69, 9.17) is 4.74 Å². The number of carbonyl (C=O) groups excluding carboxylic acids is 1. The third-order valence-electron chi connectivity index (χ3n) is 5.69. The first-order chi connectivity index (χ1) is 12.5. The molecule has 0 aromatic heterocycles. The lowest BCUT2D eigenvalue weighted by Crippen LogP contribution is -2.38. The highest BCUT2D eigenvalue weighted by atomic mass is 28.3. The predicted octanol–water partition coefficient (Wildman–Crippen LogP) is 6.12. The monoisotopic (exact) mass is 385 g/mol. The molecule has 1 aromatic carbocycles. The fourth-order valence-electron chi connectivity index (χ4n) is 3.66. The van der Waals surface area contributed by atoms with Crippen LogP contribution in [0.3, 0.4) is 0 Å². The maximum absolute atomic E-state index is 12.7. The number of benzene rings is 1. The van der Waals surface area contributed by atoms with E-state index in [-0.39, 0.29) is 11.5 Å². The summed E-state index contributed by atoms with van der Waals surface area (Å²) in [5.74, 6) is 3.47. The second-order valence-electron chi connectivity index (χ2n) is 9.27. The molecule has 0 saturated heterocycles. The molecule has 2 rings (SSSR count). The average molecular weight is 386 g/mol. The quantitative estimate of drug-likeness (QED) is 0.463. The van der Waals surface area contributed by atoms with Gasteiger partial charge in [0.1, 0.15) is 13.7 Å². The van der Waals surface area contributed by atoms with Crippen molar-refractivity contribution in [3.05, 3.63) is 29.3 Å². The SMILES string of the molecule is CC[Si](C#Cc1ccc2c(c1)C(C)(C)CN2C(=O)OC(C)(C)C)(CC)CC. The smallest absolute Gasteiger partial charge is 0.414 e. The topological polar surface area (TPSA) is 29.5 Å². The van der Waals surface area contributed by atoms with Gasteiger partial charge in [-0.25, -0.2) is 4.79 Å².